The van der Waals surface area contributed by atoms with E-state index in [0.717, 1.165) is 43.2 Å². The van der Waals surface area contributed by atoms with E-state index in [9.17, 15) is 24.0 Å². The number of esters is 1. The van der Waals surface area contributed by atoms with E-state index in [1.807, 2.05) is 32.9 Å². The predicted octanol–water partition coefficient (Wildman–Crippen LogP) is 3.62. The Morgan fingerprint density at radius 2 is 1.56 bits per heavy atom. The molecule has 48 heavy (non-hydrogen) atoms. The highest BCUT2D eigenvalue weighted by atomic mass is 16.7. The highest BCUT2D eigenvalue weighted by Gasteiger charge is 2.48. The Morgan fingerprint density at radius 3 is 2.12 bits per heavy atom. The van der Waals surface area contributed by atoms with Crippen molar-refractivity contribution >= 4 is 30.0 Å². The fourth-order valence-corrected chi connectivity index (χ4v) is 6.91. The largest absolute Gasteiger partial charge is 0.467 e. The summed E-state index contributed by atoms with van der Waals surface area (Å²) in [5, 5.41) is 5.65. The maximum absolute atomic E-state index is 14.3. The van der Waals surface area contributed by atoms with Gasteiger partial charge in [0.25, 0.3) is 0 Å². The summed E-state index contributed by atoms with van der Waals surface area (Å²) in [6.45, 7) is 9.61. The van der Waals surface area contributed by atoms with E-state index < -0.39 is 59.6 Å². The maximum atomic E-state index is 14.3. The van der Waals surface area contributed by atoms with E-state index in [-0.39, 0.29) is 31.8 Å². The number of rotatable bonds is 8. The first kappa shape index (κ1) is 35.1. The molecule has 264 valence electrons. The molecule has 0 unspecified atom stereocenters. The van der Waals surface area contributed by atoms with Gasteiger partial charge in [-0.2, -0.15) is 0 Å². The van der Waals surface area contributed by atoms with Crippen LogP contribution in [0.2, 0.25) is 0 Å². The summed E-state index contributed by atoms with van der Waals surface area (Å²) in [5.74, 6) is -0.519. The van der Waals surface area contributed by atoms with Crippen molar-refractivity contribution in [3.05, 3.63) is 23.3 Å². The van der Waals surface area contributed by atoms with Crippen LogP contribution in [0.25, 0.3) is 0 Å². The Hall–Kier alpha value is -4.23. The lowest BCUT2D eigenvalue weighted by molar-refractivity contribution is -0.153. The van der Waals surface area contributed by atoms with Crippen molar-refractivity contribution in [3.63, 3.8) is 0 Å². The van der Waals surface area contributed by atoms with E-state index in [1.165, 1.54) is 12.0 Å². The van der Waals surface area contributed by atoms with Gasteiger partial charge < -0.3 is 39.2 Å². The molecule has 4 amide bonds. The maximum Gasteiger partial charge on any atom is 0.410 e. The van der Waals surface area contributed by atoms with Crippen LogP contribution < -0.4 is 20.1 Å². The lowest BCUT2D eigenvalue weighted by Gasteiger charge is -2.37. The molecular weight excluding hydrogens is 624 g/mol. The fraction of sp³-hybridized carbons (Fsp3) is 0.676. The van der Waals surface area contributed by atoms with Crippen molar-refractivity contribution in [1.29, 1.82) is 0 Å². The van der Waals surface area contributed by atoms with Crippen LogP contribution in [-0.4, -0.2) is 90.6 Å². The summed E-state index contributed by atoms with van der Waals surface area (Å²) in [6, 6.07) is 0.721. The van der Waals surface area contributed by atoms with Gasteiger partial charge in [0.05, 0.1) is 19.8 Å². The number of ether oxygens (including phenoxy) is 5. The van der Waals surface area contributed by atoms with Crippen molar-refractivity contribution in [2.45, 2.75) is 117 Å². The molecule has 1 saturated heterocycles. The van der Waals surface area contributed by atoms with E-state index >= 15 is 0 Å². The highest BCUT2D eigenvalue weighted by molar-refractivity contribution is 5.94. The number of benzene rings is 1. The molecule has 2 fully saturated rings. The number of nitrogens with zero attached hydrogens (tertiary/aromatic N) is 2. The Labute approximate surface area is 281 Å². The molecule has 14 nitrogen and oxygen atoms in total. The minimum absolute atomic E-state index is 0.0407. The molecule has 3 aliphatic heterocycles. The topological polar surface area (TPSA) is 162 Å². The van der Waals surface area contributed by atoms with Gasteiger partial charge in [-0.05, 0) is 61.3 Å². The van der Waals surface area contributed by atoms with Crippen LogP contribution in [0.5, 0.6) is 11.5 Å². The summed E-state index contributed by atoms with van der Waals surface area (Å²) in [5.41, 5.74) is 1.07. The van der Waals surface area contributed by atoms with Gasteiger partial charge >= 0.3 is 18.2 Å². The lowest BCUT2D eigenvalue weighted by Crippen LogP contribution is -2.61. The molecule has 1 aromatic rings. The van der Waals surface area contributed by atoms with Crippen molar-refractivity contribution in [1.82, 2.24) is 20.4 Å². The standard InChI is InChI=1S/C34H48N4O10/c1-19(2)47-32(42)35-27(20-10-8-7-9-11-20)29(39)36-28(34(3,4)5)30(40)38-17-23(14-24(38)31(41)44-6)48-33(43)37-15-21-12-25-26(46-18-45-25)13-22(21)16-37/h12-13,19-20,23-24,27-28H,7-11,14-18H2,1-6H3,(H,35,42)(H,36,39)/t23-,24+,27+,28-/m1/s1. The summed E-state index contributed by atoms with van der Waals surface area (Å²) in [4.78, 5) is 69.9. The number of carbonyl (C=O) groups is 5. The molecule has 1 saturated carbocycles. The molecule has 4 aliphatic rings. The van der Waals surface area contributed by atoms with Gasteiger partial charge in [0.2, 0.25) is 18.6 Å². The third-order valence-corrected chi connectivity index (χ3v) is 9.38. The monoisotopic (exact) mass is 672 g/mol. The van der Waals surface area contributed by atoms with Crippen molar-refractivity contribution in [3.8, 4) is 11.5 Å². The zero-order valence-electron chi connectivity index (χ0n) is 28.7. The first-order valence-electron chi connectivity index (χ1n) is 16.8. The van der Waals surface area contributed by atoms with Gasteiger partial charge in [0.15, 0.2) is 11.5 Å². The molecule has 14 heteroatoms. The van der Waals surface area contributed by atoms with Gasteiger partial charge in [-0.1, -0.05) is 40.0 Å². The molecule has 0 aromatic heterocycles. The summed E-state index contributed by atoms with van der Waals surface area (Å²) >= 11 is 0. The highest BCUT2D eigenvalue weighted by Crippen LogP contribution is 2.38. The van der Waals surface area contributed by atoms with Crippen molar-refractivity contribution < 1.29 is 47.7 Å². The summed E-state index contributed by atoms with van der Waals surface area (Å²) < 4.78 is 27.1. The Bertz CT molecular complexity index is 1370. The van der Waals surface area contributed by atoms with Crippen LogP contribution >= 0.6 is 0 Å². The van der Waals surface area contributed by atoms with Crippen molar-refractivity contribution in [2.75, 3.05) is 20.4 Å². The molecule has 0 spiro atoms. The number of hydrogen-bond acceptors (Lipinski definition) is 10. The summed E-state index contributed by atoms with van der Waals surface area (Å²) in [6.07, 6.45) is 2.03. The van der Waals surface area contributed by atoms with Crippen LogP contribution in [0.3, 0.4) is 0 Å². The Balaban J connectivity index is 1.29. The molecule has 1 aromatic carbocycles. The van der Waals surface area contributed by atoms with Gasteiger partial charge in [0, 0.05) is 19.5 Å². The van der Waals surface area contributed by atoms with E-state index in [4.69, 9.17) is 23.7 Å². The fourth-order valence-electron chi connectivity index (χ4n) is 6.91. The number of methoxy groups -OCH3 is 1. The number of carbonyl (C=O) groups excluding carboxylic acids is 5. The minimum atomic E-state index is -1.07. The number of likely N-dealkylation sites (tertiary alicyclic amines) is 1. The van der Waals surface area contributed by atoms with Gasteiger partial charge in [-0.15, -0.1) is 0 Å². The molecule has 2 N–H and O–H groups in total. The molecule has 0 radical (unpaired) electrons. The smallest absolute Gasteiger partial charge is 0.410 e. The Morgan fingerprint density at radius 1 is 0.938 bits per heavy atom. The van der Waals surface area contributed by atoms with Gasteiger partial charge in [0.1, 0.15) is 24.2 Å². The molecule has 3 heterocycles. The first-order chi connectivity index (χ1) is 22.7. The number of nitrogens with one attached hydrogen (secondary N) is 2. The van der Waals surface area contributed by atoms with Gasteiger partial charge in [-0.3, -0.25) is 14.5 Å². The normalized spacial score (nSPS) is 21.7. The third-order valence-electron chi connectivity index (χ3n) is 9.38. The van der Waals surface area contributed by atoms with Crippen LogP contribution in [0, 0.1) is 11.3 Å². The zero-order valence-corrected chi connectivity index (χ0v) is 28.7. The third kappa shape index (κ3) is 7.90. The van der Waals surface area contributed by atoms with Crippen LogP contribution in [0.15, 0.2) is 12.1 Å². The zero-order chi connectivity index (χ0) is 34.7. The average molecular weight is 673 g/mol. The second-order valence-electron chi connectivity index (χ2n) is 14.4. The van der Waals surface area contributed by atoms with Crippen LogP contribution in [0.4, 0.5) is 9.59 Å². The van der Waals surface area contributed by atoms with Crippen LogP contribution in [0.1, 0.15) is 84.3 Å². The predicted molar refractivity (Wildman–Crippen MR) is 171 cm³/mol. The van der Waals surface area contributed by atoms with E-state index in [1.54, 1.807) is 18.7 Å². The molecule has 0 bridgehead atoms. The van der Waals surface area contributed by atoms with E-state index in [2.05, 4.69) is 10.6 Å². The van der Waals surface area contributed by atoms with E-state index in [0.29, 0.717) is 24.6 Å². The average Bonchev–Trinajstić information content (AvgIpc) is 3.78. The van der Waals surface area contributed by atoms with Crippen molar-refractivity contribution in [2.24, 2.45) is 11.3 Å². The second kappa shape index (κ2) is 14.5. The number of hydrogen-bond donors (Lipinski definition) is 2. The summed E-state index contributed by atoms with van der Waals surface area (Å²) in [7, 11) is 1.23. The second-order valence-corrected chi connectivity index (χ2v) is 14.4. The molecular formula is C34H48N4O10. The minimum Gasteiger partial charge on any atom is -0.467 e. The first-order valence-corrected chi connectivity index (χ1v) is 16.8. The van der Waals surface area contributed by atoms with Crippen LogP contribution in [-0.2, 0) is 41.7 Å². The number of alkyl carbamates (subject to hydrolysis) is 1. The molecule has 4 atom stereocenters. The lowest BCUT2D eigenvalue weighted by atomic mass is 9.82. The SMILES string of the molecule is COC(=O)[C@@H]1C[C@@H](OC(=O)N2Cc3cc4c(cc3C2)OCO4)CN1C(=O)[C@@H](NC(=O)[C@@H](NC(=O)OC(C)C)C1CCCCC1)C(C)(C)C. The number of amides is 4. The molecule has 5 rings (SSSR count). The number of fused-ring (bicyclic) bond motifs is 2. The quantitative estimate of drug-likeness (QED) is 0.308. The van der Waals surface area contributed by atoms with Gasteiger partial charge in [-0.25, -0.2) is 14.4 Å². The Kier molecular flexibility index (Phi) is 10.6. The molecule has 1 aliphatic carbocycles.